The molecule has 0 atom stereocenters. The Bertz CT molecular complexity index is 1040. The molecule has 0 aliphatic carbocycles. The van der Waals surface area contributed by atoms with Gasteiger partial charge >= 0.3 is 0 Å². The molecule has 3 nitrogen and oxygen atoms in total. The van der Waals surface area contributed by atoms with Gasteiger partial charge in [0.2, 0.25) is 0 Å². The molecule has 1 N–H and O–H groups in total. The molecule has 0 spiro atoms. The Morgan fingerprint density at radius 3 is 1.08 bits per heavy atom. The van der Waals surface area contributed by atoms with Gasteiger partial charge in [-0.05, 0) is 116 Å². The summed E-state index contributed by atoms with van der Waals surface area (Å²) in [6.45, 7) is 29.1. The predicted molar refractivity (Wildman–Crippen MR) is 166 cm³/mol. The molecule has 0 heterocycles. The molecule has 0 saturated heterocycles. The maximum absolute atomic E-state index is 4.89. The predicted octanol–water partition coefficient (Wildman–Crippen LogP) is 9.39. The molecule has 0 aliphatic heterocycles. The Morgan fingerprint density at radius 1 is 0.526 bits per heavy atom. The van der Waals surface area contributed by atoms with E-state index in [2.05, 4.69) is 81.5 Å². The molecule has 0 unspecified atom stereocenters. The summed E-state index contributed by atoms with van der Waals surface area (Å²) in [7, 11) is 0. The van der Waals surface area contributed by atoms with Crippen LogP contribution in [0, 0.1) is 83.6 Å². The van der Waals surface area contributed by atoms with Gasteiger partial charge in [-0.2, -0.15) is 24.6 Å². The molecule has 4 heteroatoms. The summed E-state index contributed by atoms with van der Waals surface area (Å²) < 4.78 is 0. The fourth-order valence-electron chi connectivity index (χ4n) is 4.53. The van der Waals surface area contributed by atoms with Gasteiger partial charge in [0.15, 0.2) is 0 Å². The van der Waals surface area contributed by atoms with Crippen LogP contribution in [-0.2, 0) is 26.2 Å². The number of hydrogen-bond donors (Lipinski definition) is 1. The summed E-state index contributed by atoms with van der Waals surface area (Å²) in [6.07, 6.45) is 0. The fourth-order valence-corrected chi connectivity index (χ4v) is 4.53. The molecule has 0 aliphatic rings. The zero-order chi connectivity index (χ0) is 27.0. The van der Waals surface area contributed by atoms with Crippen molar-refractivity contribution in [1.82, 2.24) is 5.32 Å². The third-order valence-corrected chi connectivity index (χ3v) is 7.88. The SMILES string of the molecule is Cc1c(C)c(C)c([N-]CCNCC[N-]c2c(C)c(C)c(C)c(C)c2C)c(C)c1C.[CH2-]c1ccccc1.[CH3-].[Zr]. The first-order valence-corrected chi connectivity index (χ1v) is 13.1. The van der Waals surface area contributed by atoms with Gasteiger partial charge in [0.25, 0.3) is 0 Å². The van der Waals surface area contributed by atoms with Crippen molar-refractivity contribution in [2.24, 2.45) is 0 Å². The van der Waals surface area contributed by atoms with Gasteiger partial charge in [-0.1, -0.05) is 28.3 Å². The Morgan fingerprint density at radius 2 is 0.816 bits per heavy atom. The zero-order valence-electron chi connectivity index (χ0n) is 25.8. The van der Waals surface area contributed by atoms with Crippen LogP contribution in [0.5, 0.6) is 0 Å². The van der Waals surface area contributed by atoms with E-state index in [1.165, 1.54) is 67.0 Å². The van der Waals surface area contributed by atoms with E-state index in [4.69, 9.17) is 10.6 Å². The largest absolute Gasteiger partial charge is 0.683 e. The normalized spacial score (nSPS) is 10.1. The van der Waals surface area contributed by atoms with Crippen LogP contribution >= 0.6 is 0 Å². The molecule has 0 amide bonds. The van der Waals surface area contributed by atoms with Crippen LogP contribution in [-0.4, -0.2) is 26.2 Å². The van der Waals surface area contributed by atoms with Gasteiger partial charge in [0, 0.05) is 26.2 Å². The number of nitrogens with zero attached hydrogens (tertiary/aromatic N) is 2. The average molecular weight is 591 g/mol. The van der Waals surface area contributed by atoms with Crippen LogP contribution < -0.4 is 5.32 Å². The van der Waals surface area contributed by atoms with Crippen molar-refractivity contribution >= 4 is 11.4 Å². The van der Waals surface area contributed by atoms with Gasteiger partial charge in [-0.15, -0.1) is 36.6 Å². The van der Waals surface area contributed by atoms with E-state index in [-0.39, 0.29) is 33.6 Å². The van der Waals surface area contributed by atoms with Gasteiger partial charge in [0.1, 0.15) is 0 Å². The number of rotatable bonds is 8. The maximum atomic E-state index is 4.89. The fraction of sp³-hybridized carbons (Fsp3) is 0.412. The van der Waals surface area contributed by atoms with Crippen molar-refractivity contribution in [3.05, 3.63) is 117 Å². The Labute approximate surface area is 253 Å². The van der Waals surface area contributed by atoms with E-state index in [9.17, 15) is 0 Å². The summed E-state index contributed by atoms with van der Waals surface area (Å²) in [6, 6.07) is 9.87. The third kappa shape index (κ3) is 9.03. The van der Waals surface area contributed by atoms with Crippen molar-refractivity contribution in [1.29, 1.82) is 0 Å². The second-order valence-corrected chi connectivity index (χ2v) is 9.95. The minimum Gasteiger partial charge on any atom is -0.683 e. The molecule has 3 rings (SSSR count). The van der Waals surface area contributed by atoms with Crippen LogP contribution in [0.4, 0.5) is 11.4 Å². The zero-order valence-corrected chi connectivity index (χ0v) is 28.3. The van der Waals surface area contributed by atoms with Crippen molar-refractivity contribution in [2.45, 2.75) is 69.2 Å². The molecular weight excluding hydrogens is 542 g/mol. The Kier molecular flexibility index (Phi) is 15.9. The van der Waals surface area contributed by atoms with Crippen LogP contribution in [0.3, 0.4) is 0 Å². The topological polar surface area (TPSA) is 40.2 Å². The van der Waals surface area contributed by atoms with Gasteiger partial charge < -0.3 is 23.4 Å². The summed E-state index contributed by atoms with van der Waals surface area (Å²) in [5, 5.41) is 13.3. The molecular formula is C34H49N3Zr-4. The van der Waals surface area contributed by atoms with E-state index in [1.54, 1.807) is 0 Å². The van der Waals surface area contributed by atoms with Crippen LogP contribution in [0.15, 0.2) is 30.3 Å². The molecule has 208 valence electrons. The smallest absolute Gasteiger partial charge is 0 e. The van der Waals surface area contributed by atoms with Crippen molar-refractivity contribution in [3.8, 4) is 0 Å². The summed E-state index contributed by atoms with van der Waals surface area (Å²) in [5.41, 5.74) is 16.9. The maximum Gasteiger partial charge on any atom is 0 e. The van der Waals surface area contributed by atoms with Crippen LogP contribution in [0.25, 0.3) is 10.6 Å². The first-order chi connectivity index (χ1) is 17.0. The molecule has 3 aromatic rings. The molecule has 0 fully saturated rings. The second-order valence-electron chi connectivity index (χ2n) is 9.95. The third-order valence-electron chi connectivity index (χ3n) is 7.88. The van der Waals surface area contributed by atoms with Crippen molar-refractivity contribution in [2.75, 3.05) is 26.2 Å². The van der Waals surface area contributed by atoms with E-state index < -0.39 is 0 Å². The van der Waals surface area contributed by atoms with Gasteiger partial charge in [-0.3, -0.25) is 0 Å². The van der Waals surface area contributed by atoms with Crippen molar-refractivity contribution in [3.63, 3.8) is 0 Å². The molecule has 38 heavy (non-hydrogen) atoms. The number of benzene rings is 3. The molecule has 0 aromatic heterocycles. The first-order valence-electron chi connectivity index (χ1n) is 13.1. The van der Waals surface area contributed by atoms with E-state index >= 15 is 0 Å². The quantitative estimate of drug-likeness (QED) is 0.206. The molecule has 0 bridgehead atoms. The van der Waals surface area contributed by atoms with Gasteiger partial charge in [-0.25, -0.2) is 0 Å². The van der Waals surface area contributed by atoms with Crippen molar-refractivity contribution < 1.29 is 26.2 Å². The summed E-state index contributed by atoms with van der Waals surface area (Å²) in [5.74, 6) is 0. The average Bonchev–Trinajstić information content (AvgIpc) is 2.87. The van der Waals surface area contributed by atoms with Crippen LogP contribution in [0.1, 0.15) is 61.2 Å². The Hall–Kier alpha value is -2.03. The number of hydrogen-bond acceptors (Lipinski definition) is 1. The first kappa shape index (κ1) is 36.0. The van der Waals surface area contributed by atoms with E-state index in [0.717, 1.165) is 31.7 Å². The minimum absolute atomic E-state index is 0. The van der Waals surface area contributed by atoms with E-state index in [1.807, 2.05) is 30.3 Å². The number of nitrogens with one attached hydrogen (secondary N) is 1. The molecule has 0 saturated carbocycles. The summed E-state index contributed by atoms with van der Waals surface area (Å²) >= 11 is 0. The summed E-state index contributed by atoms with van der Waals surface area (Å²) in [4.78, 5) is 0. The van der Waals surface area contributed by atoms with E-state index in [0.29, 0.717) is 0 Å². The molecule has 0 radical (unpaired) electrons. The monoisotopic (exact) mass is 589 g/mol. The van der Waals surface area contributed by atoms with Gasteiger partial charge in [0.05, 0.1) is 0 Å². The molecule has 3 aromatic carbocycles. The van der Waals surface area contributed by atoms with Crippen LogP contribution in [0.2, 0.25) is 0 Å². The Balaban J connectivity index is 0.00000132. The minimum atomic E-state index is 0. The second kappa shape index (κ2) is 16.8. The standard InChI is InChI=1S/C26H39N3.C7H7.CH3.Zr/c1-15-17(3)21(7)25(22(8)18(15)4)28-13-11-27-12-14-29-26-23(9)19(5)16(2)20(6)24(26)10;1-7-5-3-2-4-6-7;;/h27H,11-14H2,1-10H3;2-6H,1H2;1H3;/q-2;2*-1;.